The zero-order chi connectivity index (χ0) is 15.7. The van der Waals surface area contributed by atoms with E-state index in [0.29, 0.717) is 24.2 Å². The van der Waals surface area contributed by atoms with E-state index in [4.69, 9.17) is 15.0 Å². The molecule has 1 saturated carbocycles. The summed E-state index contributed by atoms with van der Waals surface area (Å²) in [5, 5.41) is 4.16. The molecule has 2 rings (SSSR count). The van der Waals surface area contributed by atoms with E-state index >= 15 is 0 Å². The summed E-state index contributed by atoms with van der Waals surface area (Å²) >= 11 is 0. The van der Waals surface area contributed by atoms with Crippen molar-refractivity contribution < 1.29 is 9.26 Å². The third-order valence-corrected chi connectivity index (χ3v) is 4.25. The van der Waals surface area contributed by atoms with Crippen molar-refractivity contribution >= 4 is 0 Å². The highest BCUT2D eigenvalue weighted by atomic mass is 16.5. The van der Waals surface area contributed by atoms with Gasteiger partial charge in [-0.1, -0.05) is 45.7 Å². The van der Waals surface area contributed by atoms with Gasteiger partial charge in [-0.05, 0) is 31.1 Å². The van der Waals surface area contributed by atoms with Crippen molar-refractivity contribution in [3.8, 4) is 0 Å². The molecule has 1 aliphatic rings. The van der Waals surface area contributed by atoms with Crippen LogP contribution in [0, 0.1) is 11.3 Å². The Morgan fingerprint density at radius 3 is 2.76 bits per heavy atom. The maximum atomic E-state index is 6.53. The van der Waals surface area contributed by atoms with Crippen molar-refractivity contribution in [1.82, 2.24) is 10.1 Å². The van der Waals surface area contributed by atoms with Gasteiger partial charge in [0.15, 0.2) is 0 Å². The number of rotatable bonds is 4. The van der Waals surface area contributed by atoms with Gasteiger partial charge < -0.3 is 15.0 Å². The van der Waals surface area contributed by atoms with Gasteiger partial charge in [-0.3, -0.25) is 0 Å². The van der Waals surface area contributed by atoms with E-state index in [9.17, 15) is 0 Å². The molecule has 0 spiro atoms. The summed E-state index contributed by atoms with van der Waals surface area (Å²) in [6, 6.07) is 0. The van der Waals surface area contributed by atoms with Crippen LogP contribution in [0.5, 0.6) is 0 Å². The number of aromatic nitrogens is 2. The number of nitrogens with zero attached hydrogens (tertiary/aromatic N) is 2. The Morgan fingerprint density at radius 1 is 1.48 bits per heavy atom. The molecule has 1 aromatic heterocycles. The van der Waals surface area contributed by atoms with Gasteiger partial charge in [0.05, 0.1) is 5.54 Å². The molecule has 1 fully saturated rings. The van der Waals surface area contributed by atoms with Gasteiger partial charge in [0, 0.05) is 6.61 Å². The molecule has 1 aromatic rings. The lowest BCUT2D eigenvalue weighted by Crippen LogP contribution is -2.41. The van der Waals surface area contributed by atoms with Gasteiger partial charge in [0.1, 0.15) is 6.10 Å². The lowest BCUT2D eigenvalue weighted by molar-refractivity contribution is -0.0203. The van der Waals surface area contributed by atoms with E-state index in [-0.39, 0.29) is 11.5 Å². The first kappa shape index (κ1) is 16.4. The summed E-state index contributed by atoms with van der Waals surface area (Å²) in [7, 11) is 0. The molecule has 21 heavy (non-hydrogen) atoms. The second-order valence-electron chi connectivity index (χ2n) is 7.52. The maximum absolute atomic E-state index is 6.53. The van der Waals surface area contributed by atoms with E-state index in [2.05, 4.69) is 37.8 Å². The molecule has 3 atom stereocenters. The Kier molecular flexibility index (Phi) is 4.73. The summed E-state index contributed by atoms with van der Waals surface area (Å²) in [4.78, 5) is 4.60. The lowest BCUT2D eigenvalue weighted by atomic mass is 9.77. The normalized spacial score (nSPS) is 28.6. The summed E-state index contributed by atoms with van der Waals surface area (Å²) in [6.45, 7) is 11.2. The van der Waals surface area contributed by atoms with Gasteiger partial charge in [0.25, 0.3) is 0 Å². The van der Waals surface area contributed by atoms with Crippen LogP contribution < -0.4 is 5.73 Å². The molecule has 0 radical (unpaired) electrons. The summed E-state index contributed by atoms with van der Waals surface area (Å²) < 4.78 is 11.3. The van der Waals surface area contributed by atoms with Crippen molar-refractivity contribution in [3.63, 3.8) is 0 Å². The van der Waals surface area contributed by atoms with Gasteiger partial charge >= 0.3 is 0 Å². The fraction of sp³-hybridized carbons (Fsp3) is 0.875. The first-order chi connectivity index (χ1) is 9.76. The molecule has 3 unspecified atom stereocenters. The van der Waals surface area contributed by atoms with Gasteiger partial charge in [-0.2, -0.15) is 4.98 Å². The lowest BCUT2D eigenvalue weighted by Gasteiger charge is -2.33. The molecule has 5 nitrogen and oxygen atoms in total. The standard InChI is InChI=1S/C16H29N3O2/c1-6-20-12(15(3,4)5)13-18-14(21-19-13)16(17)9-7-8-11(2)10-16/h11-12H,6-10,17H2,1-5H3. The minimum Gasteiger partial charge on any atom is -0.370 e. The average molecular weight is 295 g/mol. The van der Waals surface area contributed by atoms with Crippen molar-refractivity contribution in [2.24, 2.45) is 17.1 Å². The minimum absolute atomic E-state index is 0.0846. The molecule has 0 aliphatic heterocycles. The highest BCUT2D eigenvalue weighted by molar-refractivity contribution is 5.06. The molecule has 0 saturated heterocycles. The van der Waals surface area contributed by atoms with E-state index < -0.39 is 5.54 Å². The van der Waals surface area contributed by atoms with Crippen LogP contribution in [-0.2, 0) is 10.3 Å². The largest absolute Gasteiger partial charge is 0.370 e. The predicted molar refractivity (Wildman–Crippen MR) is 81.6 cm³/mol. The monoisotopic (exact) mass is 295 g/mol. The minimum atomic E-state index is -0.475. The Morgan fingerprint density at radius 2 is 2.19 bits per heavy atom. The summed E-state index contributed by atoms with van der Waals surface area (Å²) in [5.74, 6) is 1.78. The number of nitrogens with two attached hydrogens (primary N) is 1. The molecule has 0 aromatic carbocycles. The zero-order valence-electron chi connectivity index (χ0n) is 14.0. The van der Waals surface area contributed by atoms with Gasteiger partial charge in [-0.25, -0.2) is 0 Å². The van der Waals surface area contributed by atoms with Crippen molar-refractivity contribution in [2.45, 2.75) is 71.9 Å². The second kappa shape index (κ2) is 6.05. The van der Waals surface area contributed by atoms with Crippen LogP contribution >= 0.6 is 0 Å². The second-order valence-corrected chi connectivity index (χ2v) is 7.52. The number of ether oxygens (including phenoxy) is 1. The van der Waals surface area contributed by atoms with Crippen LogP contribution in [-0.4, -0.2) is 16.7 Å². The fourth-order valence-electron chi connectivity index (χ4n) is 3.21. The van der Waals surface area contributed by atoms with Gasteiger partial charge in [-0.15, -0.1) is 0 Å². The Labute approximate surface area is 127 Å². The van der Waals surface area contributed by atoms with Crippen LogP contribution in [0.4, 0.5) is 0 Å². The molecule has 120 valence electrons. The molecule has 1 aliphatic carbocycles. The molecule has 5 heteroatoms. The van der Waals surface area contributed by atoms with Crippen molar-refractivity contribution in [3.05, 3.63) is 11.7 Å². The maximum Gasteiger partial charge on any atom is 0.246 e. The first-order valence-electron chi connectivity index (χ1n) is 8.01. The number of hydrogen-bond acceptors (Lipinski definition) is 5. The molecule has 0 bridgehead atoms. The van der Waals surface area contributed by atoms with Gasteiger partial charge in [0.2, 0.25) is 11.7 Å². The third-order valence-electron chi connectivity index (χ3n) is 4.25. The summed E-state index contributed by atoms with van der Waals surface area (Å²) in [6.07, 6.45) is 3.98. The number of hydrogen-bond donors (Lipinski definition) is 1. The highest BCUT2D eigenvalue weighted by Crippen LogP contribution is 2.39. The van der Waals surface area contributed by atoms with E-state index in [1.54, 1.807) is 0 Å². The first-order valence-corrected chi connectivity index (χ1v) is 8.01. The third kappa shape index (κ3) is 3.64. The Hall–Kier alpha value is -0.940. The Bertz CT molecular complexity index is 466. The smallest absolute Gasteiger partial charge is 0.246 e. The van der Waals surface area contributed by atoms with Crippen LogP contribution in [0.1, 0.15) is 78.1 Å². The molecule has 0 amide bonds. The van der Waals surface area contributed by atoms with Crippen LogP contribution in [0.25, 0.3) is 0 Å². The van der Waals surface area contributed by atoms with E-state index in [1.807, 2.05) is 6.92 Å². The zero-order valence-corrected chi connectivity index (χ0v) is 14.0. The van der Waals surface area contributed by atoms with Crippen LogP contribution in [0.3, 0.4) is 0 Å². The molecule has 2 N–H and O–H groups in total. The van der Waals surface area contributed by atoms with Crippen molar-refractivity contribution in [2.75, 3.05) is 6.61 Å². The predicted octanol–water partition coefficient (Wildman–Crippen LogP) is 3.56. The van der Waals surface area contributed by atoms with Crippen LogP contribution in [0.15, 0.2) is 4.52 Å². The molecular weight excluding hydrogens is 266 g/mol. The topological polar surface area (TPSA) is 74.2 Å². The quantitative estimate of drug-likeness (QED) is 0.919. The fourth-order valence-corrected chi connectivity index (χ4v) is 3.21. The van der Waals surface area contributed by atoms with E-state index in [1.165, 1.54) is 6.42 Å². The molecule has 1 heterocycles. The SMILES string of the molecule is CCOC(c1noc(C2(N)CCCC(C)C2)n1)C(C)(C)C. The average Bonchev–Trinajstić information content (AvgIpc) is 2.84. The van der Waals surface area contributed by atoms with Crippen LogP contribution in [0.2, 0.25) is 0 Å². The highest BCUT2D eigenvalue weighted by Gasteiger charge is 2.39. The van der Waals surface area contributed by atoms with Crippen molar-refractivity contribution in [1.29, 1.82) is 0 Å². The van der Waals surface area contributed by atoms with E-state index in [0.717, 1.165) is 19.3 Å². The molecular formula is C16H29N3O2. The Balaban J connectivity index is 2.24. The summed E-state index contributed by atoms with van der Waals surface area (Å²) in [5.41, 5.74) is 5.97.